The van der Waals surface area contributed by atoms with E-state index in [0.717, 1.165) is 18.4 Å². The maximum atomic E-state index is 12.4. The van der Waals surface area contributed by atoms with Gasteiger partial charge in [-0.2, -0.15) is 5.26 Å². The first kappa shape index (κ1) is 16.6. The lowest BCUT2D eigenvalue weighted by Crippen LogP contribution is -2.39. The number of halogens is 1. The van der Waals surface area contributed by atoms with E-state index in [-0.39, 0.29) is 11.8 Å². The van der Waals surface area contributed by atoms with E-state index in [4.69, 9.17) is 16.9 Å². The smallest absolute Gasteiger partial charge is 0.270 e. The summed E-state index contributed by atoms with van der Waals surface area (Å²) in [6, 6.07) is 10.8. The van der Waals surface area contributed by atoms with Crippen molar-refractivity contribution in [2.75, 3.05) is 13.1 Å². The Hall–Kier alpha value is -2.29. The monoisotopic (exact) mass is 343 g/mol. The predicted molar refractivity (Wildman–Crippen MR) is 90.5 cm³/mol. The van der Waals surface area contributed by atoms with Gasteiger partial charge in [-0.15, -0.1) is 0 Å². The molecule has 2 aromatic rings. The van der Waals surface area contributed by atoms with Gasteiger partial charge in [-0.25, -0.2) is 0 Å². The van der Waals surface area contributed by atoms with Crippen molar-refractivity contribution in [3.05, 3.63) is 58.4 Å². The maximum Gasteiger partial charge on any atom is 0.270 e. The molecule has 1 aliphatic heterocycles. The van der Waals surface area contributed by atoms with Gasteiger partial charge >= 0.3 is 0 Å². The summed E-state index contributed by atoms with van der Waals surface area (Å²) in [5.41, 5.74) is 1.74. The number of aliphatic hydroxyl groups excluding tert-OH is 1. The number of rotatable bonds is 3. The first-order chi connectivity index (χ1) is 11.6. The molecule has 0 radical (unpaired) electrons. The molecule has 0 saturated carbocycles. The summed E-state index contributed by atoms with van der Waals surface area (Å²) in [5.74, 6) is 0.0180. The third-order valence-corrected chi connectivity index (χ3v) is 4.78. The van der Waals surface area contributed by atoms with Gasteiger partial charge in [0.1, 0.15) is 11.8 Å². The second kappa shape index (κ2) is 7.08. The Morgan fingerprint density at radius 1 is 1.33 bits per heavy atom. The first-order valence-corrected chi connectivity index (χ1v) is 8.27. The van der Waals surface area contributed by atoms with E-state index >= 15 is 0 Å². The lowest BCUT2D eigenvalue weighted by molar-refractivity contribution is 0.0459. The highest BCUT2D eigenvalue weighted by atomic mass is 35.5. The fraction of sp³-hybridized carbons (Fsp3) is 0.333. The Balaban J connectivity index is 1.60. The highest BCUT2D eigenvalue weighted by molar-refractivity contribution is 6.30. The lowest BCUT2D eigenvalue weighted by atomic mass is 9.87. The molecule has 2 N–H and O–H groups in total. The van der Waals surface area contributed by atoms with Crippen LogP contribution in [0.2, 0.25) is 5.02 Å². The molecule has 1 atom stereocenters. The zero-order valence-corrected chi connectivity index (χ0v) is 13.8. The molecule has 1 unspecified atom stereocenters. The molecule has 1 amide bonds. The molecule has 0 bridgehead atoms. The molecule has 1 aromatic heterocycles. The number of aromatic amines is 1. The molecular weight excluding hydrogens is 326 g/mol. The number of nitrogens with zero attached hydrogens (tertiary/aromatic N) is 2. The third kappa shape index (κ3) is 3.45. The number of hydrogen-bond acceptors (Lipinski definition) is 3. The Bertz CT molecular complexity index is 755. The Morgan fingerprint density at radius 2 is 2.00 bits per heavy atom. The molecule has 3 rings (SSSR count). The second-order valence-corrected chi connectivity index (χ2v) is 6.48. The van der Waals surface area contributed by atoms with Crippen molar-refractivity contribution in [2.24, 2.45) is 5.92 Å². The van der Waals surface area contributed by atoms with Crippen LogP contribution in [0.5, 0.6) is 0 Å². The minimum absolute atomic E-state index is 0.101. The lowest BCUT2D eigenvalue weighted by Gasteiger charge is -2.34. The van der Waals surface area contributed by atoms with Gasteiger partial charge in [0, 0.05) is 24.3 Å². The average molecular weight is 344 g/mol. The van der Waals surface area contributed by atoms with Crippen molar-refractivity contribution >= 4 is 17.5 Å². The summed E-state index contributed by atoms with van der Waals surface area (Å²) >= 11 is 5.88. The van der Waals surface area contributed by atoms with Crippen LogP contribution < -0.4 is 0 Å². The standard InChI is InChI=1S/C18H18ClN3O2/c19-15-3-1-13(2-4-15)17(23)14-5-7-22(8-6-14)18(24)16-9-12(10-20)11-21-16/h1-4,9,11,14,17,21,23H,5-8H2. The molecule has 1 fully saturated rings. The molecule has 0 spiro atoms. The average Bonchev–Trinajstić information content (AvgIpc) is 3.10. The zero-order chi connectivity index (χ0) is 17.1. The van der Waals surface area contributed by atoms with Crippen molar-refractivity contribution in [3.8, 4) is 6.07 Å². The van der Waals surface area contributed by atoms with Gasteiger partial charge in [-0.1, -0.05) is 23.7 Å². The fourth-order valence-electron chi connectivity index (χ4n) is 3.10. The van der Waals surface area contributed by atoms with Crippen molar-refractivity contribution < 1.29 is 9.90 Å². The molecular formula is C18H18ClN3O2. The summed E-state index contributed by atoms with van der Waals surface area (Å²) in [7, 11) is 0. The van der Waals surface area contributed by atoms with Crippen LogP contribution in [0.4, 0.5) is 0 Å². The van der Waals surface area contributed by atoms with Crippen molar-refractivity contribution in [1.29, 1.82) is 5.26 Å². The van der Waals surface area contributed by atoms with Crippen LogP contribution in [0.15, 0.2) is 36.5 Å². The Labute approximate surface area is 145 Å². The van der Waals surface area contributed by atoms with Gasteiger partial charge in [-0.05, 0) is 42.5 Å². The van der Waals surface area contributed by atoms with Crippen LogP contribution in [-0.4, -0.2) is 34.0 Å². The predicted octanol–water partition coefficient (Wildman–Crippen LogP) is 3.13. The summed E-state index contributed by atoms with van der Waals surface area (Å²) in [6.45, 7) is 1.18. The number of nitriles is 1. The van der Waals surface area contributed by atoms with Crippen molar-refractivity contribution in [1.82, 2.24) is 9.88 Å². The molecule has 124 valence electrons. The third-order valence-electron chi connectivity index (χ3n) is 4.53. The fourth-order valence-corrected chi connectivity index (χ4v) is 3.23. The SMILES string of the molecule is N#Cc1c[nH]c(C(=O)N2CCC(C(O)c3ccc(Cl)cc3)CC2)c1. The van der Waals surface area contributed by atoms with E-state index in [1.54, 1.807) is 23.1 Å². The molecule has 2 heterocycles. The first-order valence-electron chi connectivity index (χ1n) is 7.90. The minimum atomic E-state index is -0.546. The highest BCUT2D eigenvalue weighted by Crippen LogP contribution is 2.31. The number of H-pyrrole nitrogens is 1. The van der Waals surface area contributed by atoms with Gasteiger partial charge in [-0.3, -0.25) is 4.79 Å². The van der Waals surface area contributed by atoms with E-state index < -0.39 is 6.10 Å². The summed E-state index contributed by atoms with van der Waals surface area (Å²) in [6.07, 6.45) is 2.46. The number of hydrogen-bond donors (Lipinski definition) is 2. The Morgan fingerprint density at radius 3 is 2.58 bits per heavy atom. The van der Waals surface area contributed by atoms with E-state index in [9.17, 15) is 9.90 Å². The number of amides is 1. The molecule has 24 heavy (non-hydrogen) atoms. The number of piperidine rings is 1. The van der Waals surface area contributed by atoms with Gasteiger partial charge in [0.15, 0.2) is 0 Å². The van der Waals surface area contributed by atoms with Gasteiger partial charge in [0.2, 0.25) is 0 Å². The Kier molecular flexibility index (Phi) is 4.89. The quantitative estimate of drug-likeness (QED) is 0.898. The minimum Gasteiger partial charge on any atom is -0.388 e. The number of likely N-dealkylation sites (tertiary alicyclic amines) is 1. The topological polar surface area (TPSA) is 80.1 Å². The summed E-state index contributed by atoms with van der Waals surface area (Å²) in [4.78, 5) is 17.0. The van der Waals surface area contributed by atoms with Crippen LogP contribution in [0.1, 0.15) is 40.6 Å². The van der Waals surface area contributed by atoms with E-state index in [0.29, 0.717) is 29.4 Å². The number of carbonyl (C=O) groups excluding carboxylic acids is 1. The normalized spacial score (nSPS) is 16.6. The van der Waals surface area contributed by atoms with Crippen LogP contribution in [0.25, 0.3) is 0 Å². The van der Waals surface area contributed by atoms with E-state index in [1.165, 1.54) is 6.20 Å². The van der Waals surface area contributed by atoms with Crippen LogP contribution in [0, 0.1) is 17.2 Å². The van der Waals surface area contributed by atoms with Gasteiger partial charge in [0.05, 0.1) is 11.7 Å². The second-order valence-electron chi connectivity index (χ2n) is 6.04. The largest absolute Gasteiger partial charge is 0.388 e. The van der Waals surface area contributed by atoms with Crippen molar-refractivity contribution in [2.45, 2.75) is 18.9 Å². The number of benzene rings is 1. The molecule has 5 nitrogen and oxygen atoms in total. The summed E-state index contributed by atoms with van der Waals surface area (Å²) < 4.78 is 0. The molecule has 6 heteroatoms. The maximum absolute atomic E-state index is 12.4. The molecule has 1 aliphatic rings. The summed E-state index contributed by atoms with van der Waals surface area (Å²) in [5, 5.41) is 20.0. The van der Waals surface area contributed by atoms with Crippen LogP contribution in [-0.2, 0) is 0 Å². The number of carbonyl (C=O) groups is 1. The van der Waals surface area contributed by atoms with E-state index in [2.05, 4.69) is 4.98 Å². The van der Waals surface area contributed by atoms with E-state index in [1.807, 2.05) is 18.2 Å². The molecule has 1 aromatic carbocycles. The van der Waals surface area contributed by atoms with Crippen LogP contribution in [0.3, 0.4) is 0 Å². The van der Waals surface area contributed by atoms with Gasteiger partial charge < -0.3 is 15.0 Å². The number of nitrogens with one attached hydrogen (secondary N) is 1. The molecule has 0 aliphatic carbocycles. The highest BCUT2D eigenvalue weighted by Gasteiger charge is 2.29. The van der Waals surface area contributed by atoms with Gasteiger partial charge in [0.25, 0.3) is 5.91 Å². The zero-order valence-electron chi connectivity index (χ0n) is 13.1. The number of aromatic nitrogens is 1. The van der Waals surface area contributed by atoms with Crippen LogP contribution >= 0.6 is 11.6 Å². The number of aliphatic hydroxyl groups is 1. The molecule has 1 saturated heterocycles. The van der Waals surface area contributed by atoms with Crippen molar-refractivity contribution in [3.63, 3.8) is 0 Å².